The third-order valence-corrected chi connectivity index (χ3v) is 5.37. The Morgan fingerprint density at radius 3 is 2.13 bits per heavy atom. The van der Waals surface area contributed by atoms with Gasteiger partial charge in [0.15, 0.2) is 0 Å². The van der Waals surface area contributed by atoms with Gasteiger partial charge >= 0.3 is 5.97 Å². The molecule has 0 radical (unpaired) electrons. The summed E-state index contributed by atoms with van der Waals surface area (Å²) in [4.78, 5) is 48.9. The van der Waals surface area contributed by atoms with E-state index in [-0.39, 0.29) is 18.1 Å². The molecule has 1 aromatic carbocycles. The lowest BCUT2D eigenvalue weighted by molar-refractivity contribution is -0.142. The van der Waals surface area contributed by atoms with Gasteiger partial charge in [-0.1, -0.05) is 50.6 Å². The van der Waals surface area contributed by atoms with Crippen LogP contribution in [0.5, 0.6) is 0 Å². The molecule has 0 aliphatic rings. The SMILES string of the molecule is CCC(C)C(NC(=O)C(N)CS)C(=O)NC(C)C(=O)NC(Cc1ccccc1)C(=O)O. The average Bonchev–Trinajstić information content (AvgIpc) is 2.75. The van der Waals surface area contributed by atoms with Crippen LogP contribution in [0.25, 0.3) is 0 Å². The van der Waals surface area contributed by atoms with E-state index < -0.39 is 47.9 Å². The molecule has 0 aromatic heterocycles. The molecule has 6 N–H and O–H groups in total. The van der Waals surface area contributed by atoms with Crippen molar-refractivity contribution in [1.82, 2.24) is 16.0 Å². The zero-order valence-corrected chi connectivity index (χ0v) is 18.9. The zero-order chi connectivity index (χ0) is 23.6. The largest absolute Gasteiger partial charge is 0.480 e. The number of aliphatic carboxylic acids is 1. The maximum atomic E-state index is 12.7. The predicted molar refractivity (Wildman–Crippen MR) is 121 cm³/mol. The van der Waals surface area contributed by atoms with Gasteiger partial charge in [-0.25, -0.2) is 4.79 Å². The average molecular weight is 453 g/mol. The Kier molecular flexibility index (Phi) is 11.1. The molecule has 0 saturated carbocycles. The number of nitrogens with one attached hydrogen (secondary N) is 3. The number of rotatable bonds is 12. The van der Waals surface area contributed by atoms with Crippen molar-refractivity contribution in [2.45, 2.75) is 57.8 Å². The van der Waals surface area contributed by atoms with Crippen LogP contribution in [0.1, 0.15) is 32.8 Å². The fourth-order valence-corrected chi connectivity index (χ4v) is 2.93. The molecule has 0 spiro atoms. The Bertz CT molecular complexity index is 761. The monoisotopic (exact) mass is 452 g/mol. The minimum atomic E-state index is -1.18. The first-order valence-electron chi connectivity index (χ1n) is 10.1. The highest BCUT2D eigenvalue weighted by molar-refractivity contribution is 7.80. The first-order valence-corrected chi connectivity index (χ1v) is 10.8. The first kappa shape index (κ1) is 26.4. The fraction of sp³-hybridized carbons (Fsp3) is 0.524. The van der Waals surface area contributed by atoms with E-state index in [1.54, 1.807) is 31.2 Å². The molecule has 1 rings (SSSR count). The molecular formula is C21H32N4O5S. The molecule has 0 bridgehead atoms. The molecule has 5 atom stereocenters. The maximum absolute atomic E-state index is 12.7. The molecule has 172 valence electrons. The Balaban J connectivity index is 2.79. The first-order chi connectivity index (χ1) is 14.6. The fourth-order valence-electron chi connectivity index (χ4n) is 2.76. The van der Waals surface area contributed by atoms with E-state index in [9.17, 15) is 24.3 Å². The van der Waals surface area contributed by atoms with Gasteiger partial charge in [0.1, 0.15) is 18.1 Å². The van der Waals surface area contributed by atoms with Gasteiger partial charge in [0, 0.05) is 12.2 Å². The van der Waals surface area contributed by atoms with Crippen LogP contribution in [0.4, 0.5) is 0 Å². The molecule has 1 aromatic rings. The van der Waals surface area contributed by atoms with Crippen LogP contribution in [-0.2, 0) is 25.6 Å². The lowest BCUT2D eigenvalue weighted by Crippen LogP contribution is -2.58. The third-order valence-electron chi connectivity index (χ3n) is 4.98. The molecular weight excluding hydrogens is 420 g/mol. The van der Waals surface area contributed by atoms with Gasteiger partial charge in [-0.15, -0.1) is 0 Å². The summed E-state index contributed by atoms with van der Waals surface area (Å²) in [6.45, 7) is 5.11. The number of benzene rings is 1. The van der Waals surface area contributed by atoms with Crippen molar-refractivity contribution in [2.24, 2.45) is 11.7 Å². The second kappa shape index (κ2) is 13.0. The van der Waals surface area contributed by atoms with Crippen molar-refractivity contribution in [3.63, 3.8) is 0 Å². The molecule has 10 heteroatoms. The number of amides is 3. The molecule has 0 aliphatic carbocycles. The number of nitrogens with two attached hydrogens (primary N) is 1. The standard InChI is InChI=1S/C21H32N4O5S/c1-4-12(2)17(25-19(27)15(22)11-31)20(28)23-13(3)18(26)24-16(21(29)30)10-14-8-6-5-7-9-14/h5-9,12-13,15-17,31H,4,10-11,22H2,1-3H3,(H,23,28)(H,24,26)(H,25,27)(H,29,30). The quantitative estimate of drug-likeness (QED) is 0.247. The van der Waals surface area contributed by atoms with Crippen LogP contribution in [0.15, 0.2) is 30.3 Å². The predicted octanol–water partition coefficient (Wildman–Crippen LogP) is 0.0912. The van der Waals surface area contributed by atoms with Gasteiger partial charge in [-0.2, -0.15) is 12.6 Å². The third kappa shape index (κ3) is 8.58. The summed E-state index contributed by atoms with van der Waals surface area (Å²) in [6, 6.07) is 5.00. The normalized spacial score (nSPS) is 15.6. The Morgan fingerprint density at radius 1 is 1.00 bits per heavy atom. The molecule has 5 unspecified atom stereocenters. The second-order valence-corrected chi connectivity index (χ2v) is 7.85. The topological polar surface area (TPSA) is 151 Å². The number of carboxylic acid groups (broad SMARTS) is 1. The molecule has 3 amide bonds. The molecule has 9 nitrogen and oxygen atoms in total. The van der Waals surface area contributed by atoms with Crippen molar-refractivity contribution >= 4 is 36.3 Å². The van der Waals surface area contributed by atoms with Crippen LogP contribution in [0.3, 0.4) is 0 Å². The number of carbonyl (C=O) groups excluding carboxylic acids is 3. The van der Waals surface area contributed by atoms with E-state index in [1.165, 1.54) is 6.92 Å². The van der Waals surface area contributed by atoms with Gasteiger partial charge in [-0.05, 0) is 18.4 Å². The van der Waals surface area contributed by atoms with Gasteiger partial charge < -0.3 is 26.8 Å². The van der Waals surface area contributed by atoms with Crippen LogP contribution in [0.2, 0.25) is 0 Å². The van der Waals surface area contributed by atoms with Gasteiger partial charge in [0.2, 0.25) is 17.7 Å². The number of thiol groups is 1. The van der Waals surface area contributed by atoms with Gasteiger partial charge in [-0.3, -0.25) is 14.4 Å². The molecule has 0 heterocycles. The van der Waals surface area contributed by atoms with Crippen LogP contribution < -0.4 is 21.7 Å². The highest BCUT2D eigenvalue weighted by atomic mass is 32.1. The summed E-state index contributed by atoms with van der Waals surface area (Å²) in [5, 5.41) is 17.0. The summed E-state index contributed by atoms with van der Waals surface area (Å²) in [5.74, 6) is -2.97. The molecule has 0 aliphatic heterocycles. The van der Waals surface area contributed by atoms with E-state index >= 15 is 0 Å². The van der Waals surface area contributed by atoms with Crippen molar-refractivity contribution in [3.05, 3.63) is 35.9 Å². The van der Waals surface area contributed by atoms with E-state index in [0.717, 1.165) is 5.56 Å². The summed E-state index contributed by atoms with van der Waals surface area (Å²) in [6.07, 6.45) is 0.711. The van der Waals surface area contributed by atoms with Crippen molar-refractivity contribution in [2.75, 3.05) is 5.75 Å². The molecule has 0 saturated heterocycles. The summed E-state index contributed by atoms with van der Waals surface area (Å²) >= 11 is 3.98. The van der Waals surface area contributed by atoms with Crippen molar-refractivity contribution in [3.8, 4) is 0 Å². The number of carbonyl (C=O) groups is 4. The van der Waals surface area contributed by atoms with Gasteiger partial charge in [0.25, 0.3) is 0 Å². The Labute approximate surface area is 187 Å². The van der Waals surface area contributed by atoms with Crippen LogP contribution in [0, 0.1) is 5.92 Å². The van der Waals surface area contributed by atoms with E-state index in [4.69, 9.17) is 5.73 Å². The minimum absolute atomic E-state index is 0.107. The van der Waals surface area contributed by atoms with Gasteiger partial charge in [0.05, 0.1) is 6.04 Å². The maximum Gasteiger partial charge on any atom is 0.326 e. The highest BCUT2D eigenvalue weighted by Gasteiger charge is 2.30. The smallest absolute Gasteiger partial charge is 0.326 e. The van der Waals surface area contributed by atoms with E-state index in [1.807, 2.05) is 13.0 Å². The number of hydrogen-bond acceptors (Lipinski definition) is 6. The summed E-state index contributed by atoms with van der Waals surface area (Å²) in [7, 11) is 0. The Morgan fingerprint density at radius 2 is 1.61 bits per heavy atom. The summed E-state index contributed by atoms with van der Waals surface area (Å²) in [5.41, 5.74) is 6.42. The number of hydrogen-bond donors (Lipinski definition) is 6. The van der Waals surface area contributed by atoms with Crippen LogP contribution in [-0.4, -0.2) is 58.7 Å². The van der Waals surface area contributed by atoms with E-state index in [2.05, 4.69) is 28.6 Å². The second-order valence-electron chi connectivity index (χ2n) is 7.48. The summed E-state index contributed by atoms with van der Waals surface area (Å²) < 4.78 is 0. The van der Waals surface area contributed by atoms with Crippen molar-refractivity contribution < 1.29 is 24.3 Å². The lowest BCUT2D eigenvalue weighted by Gasteiger charge is -2.26. The van der Waals surface area contributed by atoms with E-state index in [0.29, 0.717) is 6.42 Å². The molecule has 31 heavy (non-hydrogen) atoms. The molecule has 0 fully saturated rings. The Hall–Kier alpha value is -2.59. The van der Waals surface area contributed by atoms with Crippen LogP contribution >= 0.6 is 12.6 Å². The lowest BCUT2D eigenvalue weighted by atomic mass is 9.97. The van der Waals surface area contributed by atoms with Crippen molar-refractivity contribution in [1.29, 1.82) is 0 Å². The highest BCUT2D eigenvalue weighted by Crippen LogP contribution is 2.09. The zero-order valence-electron chi connectivity index (χ0n) is 18.0. The minimum Gasteiger partial charge on any atom is -0.480 e. The number of carboxylic acids is 1.